The first-order valence-corrected chi connectivity index (χ1v) is 12.7. The number of benzene rings is 1. The molecule has 2 aliphatic heterocycles. The predicted molar refractivity (Wildman–Crippen MR) is 123 cm³/mol. The van der Waals surface area contributed by atoms with Crippen LogP contribution in [0.3, 0.4) is 0 Å². The van der Waals surface area contributed by atoms with E-state index in [1.54, 1.807) is 0 Å². The fraction of sp³-hybridized carbons (Fsp3) is 0.577. The Kier molecular flexibility index (Phi) is 6.86. The molecule has 1 aromatic carbocycles. The third-order valence-corrected chi connectivity index (χ3v) is 8.10. The number of aromatic nitrogens is 2. The molecule has 0 saturated carbocycles. The molecular weight excluding hydrogens is 476 g/mol. The van der Waals surface area contributed by atoms with Crippen molar-refractivity contribution in [3.05, 3.63) is 58.4 Å². The number of carbonyl (C=O) groups is 1. The van der Waals surface area contributed by atoms with E-state index in [0.29, 0.717) is 31.6 Å². The number of carbonyl (C=O) groups excluding carboxylic acids is 1. The summed E-state index contributed by atoms with van der Waals surface area (Å²) < 4.78 is 53.7. The SMILES string of the molecule is C[C@@H]1C[C@H](O)c2ncnc(C3CC[NH+](C(=O)[C@@H](c4ccc(C(F)(F)F)c(F)c4)[C@@H]4CCCN4)CC3)c21. The van der Waals surface area contributed by atoms with Crippen LogP contribution in [0.25, 0.3) is 0 Å². The van der Waals surface area contributed by atoms with Crippen LogP contribution in [0.15, 0.2) is 24.5 Å². The third-order valence-electron chi connectivity index (χ3n) is 8.10. The molecule has 3 aliphatic rings. The summed E-state index contributed by atoms with van der Waals surface area (Å²) >= 11 is 0. The first kappa shape index (κ1) is 25.2. The first-order valence-electron chi connectivity index (χ1n) is 12.7. The van der Waals surface area contributed by atoms with E-state index < -0.39 is 29.6 Å². The number of aliphatic hydroxyl groups is 1. The average Bonchev–Trinajstić information content (AvgIpc) is 3.47. The zero-order valence-electron chi connectivity index (χ0n) is 20.1. The van der Waals surface area contributed by atoms with Crippen LogP contribution >= 0.6 is 0 Å². The van der Waals surface area contributed by atoms with E-state index in [2.05, 4.69) is 22.2 Å². The smallest absolute Gasteiger partial charge is 0.387 e. The van der Waals surface area contributed by atoms with Gasteiger partial charge in [0.25, 0.3) is 0 Å². The molecule has 0 bridgehead atoms. The number of piperidine rings is 1. The minimum absolute atomic E-state index is 0.108. The van der Waals surface area contributed by atoms with Crippen LogP contribution < -0.4 is 10.2 Å². The Morgan fingerprint density at radius 2 is 1.89 bits per heavy atom. The molecule has 5 rings (SSSR count). The molecule has 2 fully saturated rings. The van der Waals surface area contributed by atoms with Crippen LogP contribution in [-0.2, 0) is 11.0 Å². The summed E-state index contributed by atoms with van der Waals surface area (Å²) in [6, 6.07) is 2.64. The number of nitrogens with one attached hydrogen (secondary N) is 2. The van der Waals surface area contributed by atoms with Gasteiger partial charge in [-0.2, -0.15) is 13.2 Å². The van der Waals surface area contributed by atoms with Crippen LogP contribution in [0.2, 0.25) is 0 Å². The molecule has 0 unspecified atom stereocenters. The number of likely N-dealkylation sites (tertiary alicyclic amines) is 1. The van der Waals surface area contributed by atoms with Gasteiger partial charge in [0, 0.05) is 30.4 Å². The zero-order valence-corrected chi connectivity index (χ0v) is 20.1. The van der Waals surface area contributed by atoms with Crippen LogP contribution in [-0.4, -0.2) is 46.7 Å². The molecule has 0 radical (unpaired) electrons. The first-order chi connectivity index (χ1) is 17.1. The van der Waals surface area contributed by atoms with E-state index in [1.807, 2.05) is 0 Å². The normalized spacial score (nSPS) is 29.2. The van der Waals surface area contributed by atoms with Crippen molar-refractivity contribution in [2.75, 3.05) is 19.6 Å². The van der Waals surface area contributed by atoms with Gasteiger partial charge in [-0.15, -0.1) is 0 Å². The standard InChI is InChI=1S/C26H30F4N4O2/c1-14-11-20(35)24-21(14)23(32-13-33-24)15-6-9-34(10-7-15)25(36)22(19-3-2-8-31-19)16-4-5-17(18(27)12-16)26(28,29)30/h4-5,12-15,19-20,22,31,35H,2-3,6-11H2,1H3/p+1/t14-,19+,20+,22+/m1/s1. The van der Waals surface area contributed by atoms with Gasteiger partial charge in [-0.25, -0.2) is 19.2 Å². The van der Waals surface area contributed by atoms with E-state index in [9.17, 15) is 27.5 Å². The molecule has 2 saturated heterocycles. The number of aliphatic hydroxyl groups excluding tert-OH is 1. The lowest BCUT2D eigenvalue weighted by Gasteiger charge is -2.32. The minimum atomic E-state index is -4.78. The van der Waals surface area contributed by atoms with Crippen molar-refractivity contribution < 1.29 is 32.4 Å². The maximum absolute atomic E-state index is 14.4. The Balaban J connectivity index is 1.35. The van der Waals surface area contributed by atoms with Gasteiger partial charge in [-0.05, 0) is 49.4 Å². The van der Waals surface area contributed by atoms with Crippen LogP contribution in [0.1, 0.15) is 91.0 Å². The number of nitrogens with zero attached hydrogens (tertiary/aromatic N) is 2. The molecule has 6 nitrogen and oxygen atoms in total. The maximum atomic E-state index is 14.4. The monoisotopic (exact) mass is 507 g/mol. The van der Waals surface area contributed by atoms with Crippen LogP contribution in [0.4, 0.5) is 17.6 Å². The molecule has 2 aromatic rings. The van der Waals surface area contributed by atoms with E-state index in [1.165, 1.54) is 12.4 Å². The Morgan fingerprint density at radius 3 is 2.53 bits per heavy atom. The van der Waals surface area contributed by atoms with Crippen molar-refractivity contribution in [3.8, 4) is 0 Å². The van der Waals surface area contributed by atoms with Crippen molar-refractivity contribution in [1.82, 2.24) is 15.3 Å². The quantitative estimate of drug-likeness (QED) is 0.555. The Bertz CT molecular complexity index is 1130. The summed E-state index contributed by atoms with van der Waals surface area (Å²) in [7, 11) is 0. The summed E-state index contributed by atoms with van der Waals surface area (Å²) in [5.74, 6) is -1.85. The van der Waals surface area contributed by atoms with E-state index in [0.717, 1.165) is 54.1 Å². The van der Waals surface area contributed by atoms with Crippen molar-refractivity contribution in [1.29, 1.82) is 0 Å². The van der Waals surface area contributed by atoms with Gasteiger partial charge in [0.15, 0.2) is 0 Å². The van der Waals surface area contributed by atoms with E-state index in [4.69, 9.17) is 0 Å². The maximum Gasteiger partial charge on any atom is 0.419 e. The number of quaternary nitrogens is 1. The summed E-state index contributed by atoms with van der Waals surface area (Å²) in [6.07, 6.45) is -0.216. The topological polar surface area (TPSA) is 79.6 Å². The number of hydrogen-bond acceptors (Lipinski definition) is 5. The van der Waals surface area contributed by atoms with Crippen molar-refractivity contribution in [2.24, 2.45) is 0 Å². The Hall–Kier alpha value is -2.43. The highest BCUT2D eigenvalue weighted by molar-refractivity contribution is 5.77. The van der Waals surface area contributed by atoms with Crippen molar-refractivity contribution >= 4 is 5.91 Å². The Morgan fingerprint density at radius 1 is 1.17 bits per heavy atom. The molecule has 1 aliphatic carbocycles. The number of fused-ring (bicyclic) bond motifs is 1. The second-order valence-electron chi connectivity index (χ2n) is 10.4. The lowest BCUT2D eigenvalue weighted by atomic mass is 9.85. The molecule has 10 heteroatoms. The van der Waals surface area contributed by atoms with Gasteiger partial charge in [-0.1, -0.05) is 13.0 Å². The molecule has 4 atom stereocenters. The summed E-state index contributed by atoms with van der Waals surface area (Å²) in [4.78, 5) is 23.3. The van der Waals surface area contributed by atoms with Crippen LogP contribution in [0.5, 0.6) is 0 Å². The molecule has 3 N–H and O–H groups in total. The second kappa shape index (κ2) is 9.79. The highest BCUT2D eigenvalue weighted by atomic mass is 19.4. The zero-order chi connectivity index (χ0) is 25.6. The molecule has 1 amide bonds. The number of alkyl halides is 3. The average molecular weight is 508 g/mol. The van der Waals surface area contributed by atoms with Crippen molar-refractivity contribution in [2.45, 2.75) is 75.1 Å². The molecule has 0 spiro atoms. The van der Waals surface area contributed by atoms with E-state index in [-0.39, 0.29) is 29.3 Å². The van der Waals surface area contributed by atoms with Gasteiger partial charge in [0.05, 0.1) is 36.1 Å². The molecule has 3 heterocycles. The fourth-order valence-corrected chi connectivity index (χ4v) is 6.31. The predicted octanol–water partition coefficient (Wildman–Crippen LogP) is 3.00. The number of halogens is 4. The highest BCUT2D eigenvalue weighted by Crippen LogP contribution is 2.43. The molecule has 1 aromatic heterocycles. The lowest BCUT2D eigenvalue weighted by molar-refractivity contribution is -0.827. The van der Waals surface area contributed by atoms with Crippen molar-refractivity contribution in [3.63, 3.8) is 0 Å². The van der Waals surface area contributed by atoms with Gasteiger partial charge in [0.2, 0.25) is 0 Å². The van der Waals surface area contributed by atoms with Gasteiger partial charge >= 0.3 is 12.1 Å². The van der Waals surface area contributed by atoms with E-state index >= 15 is 0 Å². The largest absolute Gasteiger partial charge is 0.419 e. The number of hydrogen-bond donors (Lipinski definition) is 3. The summed E-state index contributed by atoms with van der Waals surface area (Å²) in [5, 5.41) is 13.6. The van der Waals surface area contributed by atoms with Gasteiger partial charge < -0.3 is 10.4 Å². The lowest BCUT2D eigenvalue weighted by Crippen LogP contribution is -3.16. The van der Waals surface area contributed by atoms with Crippen LogP contribution in [0, 0.1) is 5.82 Å². The third kappa shape index (κ3) is 4.66. The van der Waals surface area contributed by atoms with Gasteiger partial charge in [-0.3, -0.25) is 4.90 Å². The second-order valence-corrected chi connectivity index (χ2v) is 10.4. The number of rotatable bonds is 4. The number of amides is 1. The fourth-order valence-electron chi connectivity index (χ4n) is 6.31. The Labute approximate surface area is 207 Å². The summed E-state index contributed by atoms with van der Waals surface area (Å²) in [6.45, 7) is 3.91. The minimum Gasteiger partial charge on any atom is -0.387 e. The highest BCUT2D eigenvalue weighted by Gasteiger charge is 2.42. The molecule has 36 heavy (non-hydrogen) atoms. The van der Waals surface area contributed by atoms with Gasteiger partial charge in [0.1, 0.15) is 18.1 Å². The molecule has 194 valence electrons. The summed E-state index contributed by atoms with van der Waals surface area (Å²) in [5.41, 5.74) is 1.65. The molecular formula is C26H31F4N4O2+.